The molecule has 0 aliphatic heterocycles. The van der Waals surface area contributed by atoms with Gasteiger partial charge in [0.25, 0.3) is 0 Å². The number of rotatable bonds is 6. The van der Waals surface area contributed by atoms with Crippen molar-refractivity contribution in [2.45, 2.75) is 32.8 Å². The molecule has 0 saturated heterocycles. The summed E-state index contributed by atoms with van der Waals surface area (Å²) >= 11 is 0. The van der Waals surface area contributed by atoms with Gasteiger partial charge in [0.15, 0.2) is 0 Å². The molecule has 0 aliphatic rings. The SMILES string of the molecule is C=C(C)C(=O)OC(C)(C)CCOc1cccc2cc3ccccc3cc12. The van der Waals surface area contributed by atoms with Crippen molar-refractivity contribution in [3.05, 3.63) is 66.7 Å². The first kappa shape index (κ1) is 18.0. The molecule has 0 N–H and O–H groups in total. The van der Waals surface area contributed by atoms with Crippen LogP contribution in [0.5, 0.6) is 5.75 Å². The highest BCUT2D eigenvalue weighted by Gasteiger charge is 2.23. The molecule has 0 bridgehead atoms. The Hall–Kier alpha value is -2.81. The van der Waals surface area contributed by atoms with E-state index < -0.39 is 5.60 Å². The lowest BCUT2D eigenvalue weighted by Gasteiger charge is -2.25. The van der Waals surface area contributed by atoms with E-state index in [9.17, 15) is 4.79 Å². The molecule has 0 aromatic heterocycles. The van der Waals surface area contributed by atoms with Crippen LogP contribution in [0.2, 0.25) is 0 Å². The van der Waals surface area contributed by atoms with Crippen LogP contribution in [0.15, 0.2) is 66.7 Å². The summed E-state index contributed by atoms with van der Waals surface area (Å²) in [5, 5.41) is 4.63. The Morgan fingerprint density at radius 3 is 2.35 bits per heavy atom. The van der Waals surface area contributed by atoms with Gasteiger partial charge in [0.05, 0.1) is 6.61 Å². The molecule has 3 rings (SSSR count). The second kappa shape index (κ2) is 7.20. The van der Waals surface area contributed by atoms with Gasteiger partial charge in [-0.15, -0.1) is 0 Å². The summed E-state index contributed by atoms with van der Waals surface area (Å²) in [5.74, 6) is 0.474. The van der Waals surface area contributed by atoms with E-state index in [-0.39, 0.29) is 5.97 Å². The fourth-order valence-electron chi connectivity index (χ4n) is 2.86. The monoisotopic (exact) mass is 348 g/mol. The maximum atomic E-state index is 11.7. The van der Waals surface area contributed by atoms with Gasteiger partial charge in [0, 0.05) is 17.4 Å². The van der Waals surface area contributed by atoms with Gasteiger partial charge in [-0.05, 0) is 55.1 Å². The van der Waals surface area contributed by atoms with E-state index in [1.54, 1.807) is 6.92 Å². The number of hydrogen-bond acceptors (Lipinski definition) is 3. The zero-order valence-corrected chi connectivity index (χ0v) is 15.5. The van der Waals surface area contributed by atoms with Crippen LogP contribution in [-0.4, -0.2) is 18.2 Å². The molecule has 0 unspecified atom stereocenters. The molecule has 134 valence electrons. The summed E-state index contributed by atoms with van der Waals surface area (Å²) in [6, 6.07) is 18.7. The van der Waals surface area contributed by atoms with E-state index in [0.717, 1.165) is 16.5 Å². The van der Waals surface area contributed by atoms with Gasteiger partial charge in [-0.25, -0.2) is 4.79 Å². The topological polar surface area (TPSA) is 35.5 Å². The van der Waals surface area contributed by atoms with Gasteiger partial charge in [0.1, 0.15) is 11.4 Å². The van der Waals surface area contributed by atoms with Gasteiger partial charge in [-0.3, -0.25) is 0 Å². The maximum absolute atomic E-state index is 11.7. The molecule has 3 aromatic carbocycles. The fraction of sp³-hybridized carbons (Fsp3) is 0.261. The van der Waals surface area contributed by atoms with E-state index >= 15 is 0 Å². The largest absolute Gasteiger partial charge is 0.493 e. The van der Waals surface area contributed by atoms with Crippen molar-refractivity contribution in [3.63, 3.8) is 0 Å². The van der Waals surface area contributed by atoms with Crippen LogP contribution in [0.25, 0.3) is 21.5 Å². The minimum absolute atomic E-state index is 0.369. The molecule has 3 nitrogen and oxygen atoms in total. The molecule has 0 atom stereocenters. The van der Waals surface area contributed by atoms with Gasteiger partial charge in [0.2, 0.25) is 0 Å². The first-order valence-corrected chi connectivity index (χ1v) is 8.79. The Morgan fingerprint density at radius 2 is 1.65 bits per heavy atom. The van der Waals surface area contributed by atoms with Crippen molar-refractivity contribution < 1.29 is 14.3 Å². The van der Waals surface area contributed by atoms with E-state index in [4.69, 9.17) is 9.47 Å². The van der Waals surface area contributed by atoms with Gasteiger partial charge >= 0.3 is 5.97 Å². The standard InChI is InChI=1S/C23H24O3/c1-16(2)22(24)26-23(3,4)12-13-25-21-11-7-10-19-14-17-8-5-6-9-18(17)15-20(19)21/h5-11,14-15H,1,12-13H2,2-4H3. The number of carbonyl (C=O) groups is 1. The van der Waals surface area contributed by atoms with Gasteiger partial charge in [-0.2, -0.15) is 0 Å². The van der Waals surface area contributed by atoms with Crippen molar-refractivity contribution in [2.24, 2.45) is 0 Å². The highest BCUT2D eigenvalue weighted by molar-refractivity contribution is 6.00. The van der Waals surface area contributed by atoms with E-state index in [2.05, 4.69) is 36.9 Å². The average molecular weight is 348 g/mol. The normalized spacial score (nSPS) is 11.5. The zero-order chi connectivity index (χ0) is 18.7. The second-order valence-electron chi connectivity index (χ2n) is 7.20. The van der Waals surface area contributed by atoms with Crippen molar-refractivity contribution in [2.75, 3.05) is 6.61 Å². The van der Waals surface area contributed by atoms with Gasteiger partial charge in [-0.1, -0.05) is 43.0 Å². The molecule has 0 spiro atoms. The Bertz CT molecular complexity index is 970. The summed E-state index contributed by atoms with van der Waals surface area (Å²) in [6.07, 6.45) is 0.593. The molecular weight excluding hydrogens is 324 g/mol. The predicted octanol–water partition coefficient (Wildman–Crippen LogP) is 5.66. The molecule has 0 aliphatic carbocycles. The highest BCUT2D eigenvalue weighted by atomic mass is 16.6. The highest BCUT2D eigenvalue weighted by Crippen LogP contribution is 2.30. The van der Waals surface area contributed by atoms with Crippen molar-refractivity contribution in [3.8, 4) is 5.75 Å². The molecule has 0 radical (unpaired) electrons. The molecule has 3 aromatic rings. The Kier molecular flexibility index (Phi) is 4.99. The van der Waals surface area contributed by atoms with Crippen LogP contribution in [0.4, 0.5) is 0 Å². The molecule has 0 saturated carbocycles. The summed E-state index contributed by atoms with van der Waals surface area (Å²) in [4.78, 5) is 11.7. The Morgan fingerprint density at radius 1 is 1.00 bits per heavy atom. The van der Waals surface area contributed by atoms with E-state index in [0.29, 0.717) is 18.6 Å². The summed E-state index contributed by atoms with van der Waals surface area (Å²) in [5.41, 5.74) is -0.201. The van der Waals surface area contributed by atoms with E-state index in [1.807, 2.05) is 38.1 Å². The zero-order valence-electron chi connectivity index (χ0n) is 15.5. The summed E-state index contributed by atoms with van der Waals surface area (Å²) in [6.45, 7) is 9.49. The summed E-state index contributed by atoms with van der Waals surface area (Å²) in [7, 11) is 0. The first-order valence-electron chi connectivity index (χ1n) is 8.79. The molecule has 26 heavy (non-hydrogen) atoms. The number of hydrogen-bond donors (Lipinski definition) is 0. The fourth-order valence-corrected chi connectivity index (χ4v) is 2.86. The van der Waals surface area contributed by atoms with Crippen LogP contribution < -0.4 is 4.74 Å². The van der Waals surface area contributed by atoms with Crippen molar-refractivity contribution in [1.29, 1.82) is 0 Å². The minimum atomic E-state index is -0.604. The van der Waals surface area contributed by atoms with Crippen molar-refractivity contribution in [1.82, 2.24) is 0 Å². The number of esters is 1. The van der Waals surface area contributed by atoms with Crippen LogP contribution in [0.3, 0.4) is 0 Å². The number of benzene rings is 3. The lowest BCUT2D eigenvalue weighted by atomic mass is 10.0. The lowest BCUT2D eigenvalue weighted by molar-refractivity contribution is -0.152. The predicted molar refractivity (Wildman–Crippen MR) is 107 cm³/mol. The molecule has 0 amide bonds. The second-order valence-corrected chi connectivity index (χ2v) is 7.20. The lowest BCUT2D eigenvalue weighted by Crippen LogP contribution is -2.30. The van der Waals surface area contributed by atoms with Gasteiger partial charge < -0.3 is 9.47 Å². The first-order chi connectivity index (χ1) is 12.4. The molecule has 0 fully saturated rings. The maximum Gasteiger partial charge on any atom is 0.333 e. The Balaban J connectivity index is 1.76. The Labute approximate surface area is 154 Å². The van der Waals surface area contributed by atoms with Crippen LogP contribution in [0.1, 0.15) is 27.2 Å². The number of ether oxygens (including phenoxy) is 2. The van der Waals surface area contributed by atoms with Crippen molar-refractivity contribution >= 4 is 27.5 Å². The smallest absolute Gasteiger partial charge is 0.333 e. The molecular formula is C23H24O3. The van der Waals surface area contributed by atoms with Crippen LogP contribution >= 0.6 is 0 Å². The third-order valence-electron chi connectivity index (χ3n) is 4.39. The average Bonchev–Trinajstić information content (AvgIpc) is 2.59. The summed E-state index contributed by atoms with van der Waals surface area (Å²) < 4.78 is 11.5. The third kappa shape index (κ3) is 4.05. The quantitative estimate of drug-likeness (QED) is 0.327. The number of carbonyl (C=O) groups excluding carboxylic acids is 1. The molecule has 3 heteroatoms. The van der Waals surface area contributed by atoms with E-state index in [1.165, 1.54) is 10.8 Å². The van der Waals surface area contributed by atoms with Crippen LogP contribution in [0, 0.1) is 0 Å². The van der Waals surface area contributed by atoms with Crippen LogP contribution in [-0.2, 0) is 9.53 Å². The third-order valence-corrected chi connectivity index (χ3v) is 4.39. The minimum Gasteiger partial charge on any atom is -0.493 e. The molecule has 0 heterocycles. The number of fused-ring (bicyclic) bond motifs is 2.